The van der Waals surface area contributed by atoms with Gasteiger partial charge < -0.3 is 14.7 Å². The number of hydrogen-bond donors (Lipinski definition) is 2. The van der Waals surface area contributed by atoms with Gasteiger partial charge in [-0.2, -0.15) is 5.10 Å². The summed E-state index contributed by atoms with van der Waals surface area (Å²) >= 11 is 0. The monoisotopic (exact) mass is 412 g/mol. The van der Waals surface area contributed by atoms with E-state index in [1.165, 1.54) is 0 Å². The van der Waals surface area contributed by atoms with Crippen LogP contribution in [0.5, 0.6) is 0 Å². The molecule has 0 saturated carbocycles. The largest absolute Gasteiger partial charge is 0.356 e. The van der Waals surface area contributed by atoms with E-state index < -0.39 is 0 Å². The van der Waals surface area contributed by atoms with E-state index in [1.54, 1.807) is 18.1 Å². The van der Waals surface area contributed by atoms with Crippen LogP contribution in [0.2, 0.25) is 0 Å². The molecular weight excluding hydrogens is 392 g/mol. The second-order valence-electron chi connectivity index (χ2n) is 7.35. The number of H-pyrrole nitrogens is 1. The van der Waals surface area contributed by atoms with Crippen molar-refractivity contribution in [3.8, 4) is 0 Å². The number of aromatic nitrogens is 4. The highest BCUT2D eigenvalue weighted by Crippen LogP contribution is 2.27. The van der Waals surface area contributed by atoms with E-state index in [0.29, 0.717) is 23.6 Å². The van der Waals surface area contributed by atoms with Crippen molar-refractivity contribution in [1.29, 1.82) is 0 Å². The zero-order valence-electron chi connectivity index (χ0n) is 16.9. The van der Waals surface area contributed by atoms with E-state index in [2.05, 4.69) is 25.7 Å². The molecule has 5 aromatic rings. The van der Waals surface area contributed by atoms with Gasteiger partial charge in [-0.15, -0.1) is 0 Å². The van der Waals surface area contributed by atoms with E-state index in [0.717, 1.165) is 27.7 Å². The molecule has 0 aliphatic heterocycles. The number of amides is 1. The van der Waals surface area contributed by atoms with Crippen molar-refractivity contribution in [2.24, 2.45) is 0 Å². The number of pyridine rings is 1. The molecule has 2 aromatic carbocycles. The number of carbonyl (C=O) groups is 1. The van der Waals surface area contributed by atoms with Crippen LogP contribution in [0.4, 0.5) is 11.5 Å². The third-order valence-corrected chi connectivity index (χ3v) is 5.14. The number of rotatable bonds is 6. The first-order valence-corrected chi connectivity index (χ1v) is 9.90. The SMILES string of the molecule is CN(Cc1ccccc1)C(=O)Cc1noc2cc(Nc3n[nH]c4cccnc34)ccc12. The van der Waals surface area contributed by atoms with Crippen molar-refractivity contribution in [2.75, 3.05) is 12.4 Å². The maximum atomic E-state index is 12.7. The molecule has 3 heterocycles. The number of carbonyl (C=O) groups excluding carboxylic acids is 1. The lowest BCUT2D eigenvalue weighted by Crippen LogP contribution is -2.27. The lowest BCUT2D eigenvalue weighted by molar-refractivity contribution is -0.129. The summed E-state index contributed by atoms with van der Waals surface area (Å²) in [6, 6.07) is 19.3. The molecule has 0 aliphatic rings. The summed E-state index contributed by atoms with van der Waals surface area (Å²) in [6.07, 6.45) is 1.90. The average Bonchev–Trinajstić information content (AvgIpc) is 3.38. The second-order valence-corrected chi connectivity index (χ2v) is 7.35. The molecule has 0 saturated heterocycles. The molecular formula is C23H20N6O2. The van der Waals surface area contributed by atoms with Crippen molar-refractivity contribution in [2.45, 2.75) is 13.0 Å². The van der Waals surface area contributed by atoms with Crippen molar-refractivity contribution in [3.63, 3.8) is 0 Å². The van der Waals surface area contributed by atoms with Gasteiger partial charge in [-0.1, -0.05) is 35.5 Å². The van der Waals surface area contributed by atoms with Gasteiger partial charge in [0, 0.05) is 36.9 Å². The van der Waals surface area contributed by atoms with E-state index in [-0.39, 0.29) is 12.3 Å². The molecule has 0 radical (unpaired) electrons. The van der Waals surface area contributed by atoms with Crippen LogP contribution in [-0.2, 0) is 17.8 Å². The number of anilines is 2. The summed E-state index contributed by atoms with van der Waals surface area (Å²) < 4.78 is 5.49. The van der Waals surface area contributed by atoms with Gasteiger partial charge in [0.15, 0.2) is 11.4 Å². The fraction of sp³-hybridized carbons (Fsp3) is 0.130. The third-order valence-electron chi connectivity index (χ3n) is 5.14. The van der Waals surface area contributed by atoms with Gasteiger partial charge in [0.1, 0.15) is 11.2 Å². The Balaban J connectivity index is 1.31. The van der Waals surface area contributed by atoms with Crippen molar-refractivity contribution in [3.05, 3.63) is 78.1 Å². The standard InChI is InChI=1S/C23H20N6O2/c1-29(14-15-6-3-2-4-7-15)21(30)13-19-17-10-9-16(12-20(17)31-28-19)25-23-22-18(26-27-23)8-5-11-24-22/h2-12H,13-14H2,1H3,(H2,25,26,27). The fourth-order valence-electron chi connectivity index (χ4n) is 3.50. The van der Waals surface area contributed by atoms with Crippen LogP contribution in [0, 0.1) is 0 Å². The molecule has 2 N–H and O–H groups in total. The van der Waals surface area contributed by atoms with Gasteiger partial charge >= 0.3 is 0 Å². The topological polar surface area (TPSA) is 99.9 Å². The van der Waals surface area contributed by atoms with Crippen molar-refractivity contribution < 1.29 is 9.32 Å². The number of fused-ring (bicyclic) bond motifs is 2. The highest BCUT2D eigenvalue weighted by Gasteiger charge is 2.16. The molecule has 0 spiro atoms. The highest BCUT2D eigenvalue weighted by atomic mass is 16.5. The molecule has 3 aromatic heterocycles. The normalized spacial score (nSPS) is 11.1. The Morgan fingerprint density at radius 1 is 1.13 bits per heavy atom. The van der Waals surface area contributed by atoms with E-state index in [9.17, 15) is 4.79 Å². The highest BCUT2D eigenvalue weighted by molar-refractivity contribution is 5.91. The first-order valence-electron chi connectivity index (χ1n) is 9.90. The van der Waals surface area contributed by atoms with Gasteiger partial charge in [-0.3, -0.25) is 14.9 Å². The molecule has 0 unspecified atom stereocenters. The fourth-order valence-corrected chi connectivity index (χ4v) is 3.50. The number of aromatic amines is 1. The van der Waals surface area contributed by atoms with Crippen LogP contribution in [-0.4, -0.2) is 38.2 Å². The van der Waals surface area contributed by atoms with Gasteiger partial charge in [-0.25, -0.2) is 0 Å². The molecule has 0 atom stereocenters. The summed E-state index contributed by atoms with van der Waals surface area (Å²) in [4.78, 5) is 18.7. The number of nitrogens with one attached hydrogen (secondary N) is 2. The van der Waals surface area contributed by atoms with Crippen LogP contribution in [0.1, 0.15) is 11.3 Å². The van der Waals surface area contributed by atoms with Crippen LogP contribution in [0.3, 0.4) is 0 Å². The molecule has 5 rings (SSSR count). The lowest BCUT2D eigenvalue weighted by Gasteiger charge is -2.16. The maximum Gasteiger partial charge on any atom is 0.228 e. The van der Waals surface area contributed by atoms with Crippen LogP contribution in [0.25, 0.3) is 22.0 Å². The number of benzene rings is 2. The number of likely N-dealkylation sites (N-methyl/N-ethyl adjacent to an activating group) is 1. The van der Waals surface area contributed by atoms with Gasteiger partial charge in [-0.05, 0) is 29.8 Å². The van der Waals surface area contributed by atoms with Crippen molar-refractivity contribution in [1.82, 2.24) is 25.2 Å². The van der Waals surface area contributed by atoms with Gasteiger partial charge in [0.25, 0.3) is 0 Å². The molecule has 8 heteroatoms. The van der Waals surface area contributed by atoms with E-state index in [4.69, 9.17) is 4.52 Å². The minimum Gasteiger partial charge on any atom is -0.356 e. The first kappa shape index (κ1) is 18.8. The van der Waals surface area contributed by atoms with E-state index >= 15 is 0 Å². The summed E-state index contributed by atoms with van der Waals surface area (Å²) in [7, 11) is 1.79. The zero-order chi connectivity index (χ0) is 21.2. The summed E-state index contributed by atoms with van der Waals surface area (Å²) in [6.45, 7) is 0.551. The molecule has 8 nitrogen and oxygen atoms in total. The lowest BCUT2D eigenvalue weighted by atomic mass is 10.1. The Kier molecular flexibility index (Phi) is 4.80. The number of nitrogens with zero attached hydrogens (tertiary/aromatic N) is 4. The smallest absolute Gasteiger partial charge is 0.228 e. The molecule has 0 fully saturated rings. The van der Waals surface area contributed by atoms with E-state index in [1.807, 2.05) is 60.7 Å². The quantitative estimate of drug-likeness (QED) is 0.437. The average molecular weight is 412 g/mol. The first-order chi connectivity index (χ1) is 15.2. The molecule has 0 aliphatic carbocycles. The molecule has 154 valence electrons. The zero-order valence-corrected chi connectivity index (χ0v) is 16.9. The van der Waals surface area contributed by atoms with Crippen LogP contribution in [0.15, 0.2) is 71.4 Å². The predicted molar refractivity (Wildman–Crippen MR) is 118 cm³/mol. The second kappa shape index (κ2) is 7.91. The Morgan fingerprint density at radius 3 is 2.87 bits per heavy atom. The summed E-state index contributed by atoms with van der Waals surface area (Å²) in [5.74, 6) is 0.614. The van der Waals surface area contributed by atoms with Crippen LogP contribution < -0.4 is 5.32 Å². The van der Waals surface area contributed by atoms with Crippen molar-refractivity contribution >= 4 is 39.4 Å². The Morgan fingerprint density at radius 2 is 2.00 bits per heavy atom. The maximum absolute atomic E-state index is 12.7. The Hall–Kier alpha value is -4.20. The Bertz CT molecular complexity index is 1360. The molecule has 1 amide bonds. The third kappa shape index (κ3) is 3.83. The molecule has 31 heavy (non-hydrogen) atoms. The minimum absolute atomic E-state index is 0.0182. The van der Waals surface area contributed by atoms with Crippen LogP contribution >= 0.6 is 0 Å². The van der Waals surface area contributed by atoms with Gasteiger partial charge in [0.2, 0.25) is 5.91 Å². The summed E-state index contributed by atoms with van der Waals surface area (Å²) in [5, 5.41) is 15.4. The number of hydrogen-bond acceptors (Lipinski definition) is 6. The predicted octanol–water partition coefficient (Wildman–Crippen LogP) is 4.04. The van der Waals surface area contributed by atoms with Gasteiger partial charge in [0.05, 0.1) is 11.9 Å². The summed E-state index contributed by atoms with van der Waals surface area (Å²) in [5.41, 5.74) is 4.71. The molecule has 0 bridgehead atoms. The Labute approximate surface area is 177 Å². The minimum atomic E-state index is -0.0182.